The van der Waals surface area contributed by atoms with Crippen LogP contribution in [0, 0.1) is 0 Å². The summed E-state index contributed by atoms with van der Waals surface area (Å²) in [6, 6.07) is 7.98. The smallest absolute Gasteiger partial charge is 0.316 e. The second-order valence-electron chi connectivity index (χ2n) is 7.59. The van der Waals surface area contributed by atoms with Crippen LogP contribution in [-0.2, 0) is 6.54 Å². The van der Waals surface area contributed by atoms with Crippen LogP contribution in [0.5, 0.6) is 0 Å². The first-order chi connectivity index (χ1) is 13.0. The Kier molecular flexibility index (Phi) is 4.55. The molecule has 0 amide bonds. The van der Waals surface area contributed by atoms with E-state index in [1.807, 2.05) is 18.2 Å². The molecule has 1 aliphatic rings. The predicted octanol–water partition coefficient (Wildman–Crippen LogP) is 3.00. The highest BCUT2D eigenvalue weighted by molar-refractivity contribution is 5.73. The van der Waals surface area contributed by atoms with Crippen LogP contribution in [0.2, 0.25) is 0 Å². The summed E-state index contributed by atoms with van der Waals surface area (Å²) >= 11 is 0. The summed E-state index contributed by atoms with van der Waals surface area (Å²) in [7, 11) is 0. The van der Waals surface area contributed by atoms with Crippen LogP contribution in [0.4, 0.5) is 4.39 Å². The van der Waals surface area contributed by atoms with Crippen molar-refractivity contribution in [2.24, 2.45) is 0 Å². The lowest BCUT2D eigenvalue weighted by Gasteiger charge is -2.30. The molecule has 0 saturated carbocycles. The number of hydrogen-bond acceptors (Lipinski definition) is 4. The molecular weight excluding hydrogens is 345 g/mol. The van der Waals surface area contributed by atoms with Gasteiger partial charge in [0.2, 0.25) is 0 Å². The maximum absolute atomic E-state index is 15.2. The summed E-state index contributed by atoms with van der Waals surface area (Å²) in [5.74, 6) is 0.871. The van der Waals surface area contributed by atoms with Crippen molar-refractivity contribution < 1.29 is 4.39 Å². The lowest BCUT2D eigenvalue weighted by atomic mass is 9.94. The van der Waals surface area contributed by atoms with Crippen LogP contribution in [-0.4, -0.2) is 38.3 Å². The van der Waals surface area contributed by atoms with Crippen molar-refractivity contribution >= 4 is 11.2 Å². The number of alkyl halides is 1. The minimum Gasteiger partial charge on any atom is -0.316 e. The average molecular weight is 369 g/mol. The number of nitrogens with one attached hydrogen (secondary N) is 2. The first-order valence-corrected chi connectivity index (χ1v) is 9.41. The highest BCUT2D eigenvalue weighted by atomic mass is 19.1. The van der Waals surface area contributed by atoms with Gasteiger partial charge in [0.15, 0.2) is 11.5 Å². The zero-order chi connectivity index (χ0) is 19.0. The number of imidazole rings is 1. The van der Waals surface area contributed by atoms with Gasteiger partial charge in [-0.1, -0.05) is 38.1 Å². The highest BCUT2D eigenvalue weighted by Gasteiger charge is 2.33. The Balaban J connectivity index is 1.80. The Morgan fingerprint density at radius 3 is 2.74 bits per heavy atom. The third kappa shape index (κ3) is 3.39. The summed E-state index contributed by atoms with van der Waals surface area (Å²) < 4.78 is 16.6. The van der Waals surface area contributed by atoms with Crippen LogP contribution >= 0.6 is 0 Å². The molecule has 1 aromatic carbocycles. The van der Waals surface area contributed by atoms with Crippen LogP contribution < -0.4 is 11.0 Å². The van der Waals surface area contributed by atoms with E-state index in [1.54, 1.807) is 6.20 Å². The van der Waals surface area contributed by atoms with Crippen molar-refractivity contribution in [3.63, 3.8) is 0 Å². The minimum absolute atomic E-state index is 0.00972. The second-order valence-corrected chi connectivity index (χ2v) is 7.59. The van der Waals surface area contributed by atoms with E-state index < -0.39 is 5.67 Å². The molecule has 7 heteroatoms. The van der Waals surface area contributed by atoms with Crippen molar-refractivity contribution in [1.82, 2.24) is 24.8 Å². The Bertz CT molecular complexity index is 1020. The molecule has 3 aromatic rings. The maximum atomic E-state index is 15.2. The number of fused-ring (bicyclic) bond motifs is 1. The van der Waals surface area contributed by atoms with Crippen LogP contribution in [0.3, 0.4) is 0 Å². The Morgan fingerprint density at radius 2 is 2.00 bits per heavy atom. The average Bonchev–Trinajstić information content (AvgIpc) is 2.96. The first kappa shape index (κ1) is 17.9. The van der Waals surface area contributed by atoms with E-state index in [0.29, 0.717) is 48.8 Å². The van der Waals surface area contributed by atoms with E-state index in [4.69, 9.17) is 0 Å². The number of hydrogen-bond donors (Lipinski definition) is 2. The van der Waals surface area contributed by atoms with Gasteiger partial charge in [-0.05, 0) is 37.4 Å². The van der Waals surface area contributed by atoms with Gasteiger partial charge < -0.3 is 10.3 Å². The van der Waals surface area contributed by atoms with E-state index >= 15 is 4.39 Å². The fourth-order valence-electron chi connectivity index (χ4n) is 3.74. The number of nitrogens with zero attached hydrogens (tertiary/aromatic N) is 3. The zero-order valence-electron chi connectivity index (χ0n) is 15.6. The maximum Gasteiger partial charge on any atom is 0.327 e. The Morgan fingerprint density at radius 1 is 1.26 bits per heavy atom. The molecule has 2 aromatic heterocycles. The Hall–Kier alpha value is -2.54. The summed E-state index contributed by atoms with van der Waals surface area (Å²) in [6.07, 6.45) is 2.39. The van der Waals surface area contributed by atoms with Crippen LogP contribution in [0.15, 0.2) is 35.3 Å². The second kappa shape index (κ2) is 6.88. The predicted molar refractivity (Wildman–Crippen MR) is 104 cm³/mol. The lowest BCUT2D eigenvalue weighted by Crippen LogP contribution is -2.43. The molecule has 4 rings (SSSR count). The molecule has 0 aliphatic carbocycles. The third-order valence-corrected chi connectivity index (χ3v) is 5.28. The molecule has 6 nitrogen and oxygen atoms in total. The topological polar surface area (TPSA) is 75.6 Å². The third-order valence-electron chi connectivity index (χ3n) is 5.28. The normalized spacial score (nSPS) is 16.9. The molecular formula is C20H24FN5O. The van der Waals surface area contributed by atoms with Gasteiger partial charge in [-0.3, -0.25) is 4.57 Å². The number of benzene rings is 1. The molecule has 142 valence electrons. The standard InChI is InChI=1S/C20H24FN5O/c1-13(2)14-5-3-4-6-15(14)17-23-11-16-18(25-17)26(19(27)24-16)12-20(21)7-9-22-10-8-20/h3-6,11,13,22H,7-10,12H2,1-2H3,(H,24,27). The fourth-order valence-corrected chi connectivity index (χ4v) is 3.74. The van der Waals surface area contributed by atoms with Gasteiger partial charge in [-0.2, -0.15) is 0 Å². The van der Waals surface area contributed by atoms with E-state index in [0.717, 1.165) is 11.1 Å². The molecule has 1 saturated heterocycles. The van der Waals surface area contributed by atoms with E-state index in [-0.39, 0.29) is 12.2 Å². The number of piperidine rings is 1. The van der Waals surface area contributed by atoms with Crippen LogP contribution in [0.25, 0.3) is 22.6 Å². The van der Waals surface area contributed by atoms with Crippen molar-refractivity contribution in [2.45, 2.75) is 44.8 Å². The Labute approximate surface area is 156 Å². The summed E-state index contributed by atoms with van der Waals surface area (Å²) in [6.45, 7) is 5.49. The van der Waals surface area contributed by atoms with Gasteiger partial charge in [0.25, 0.3) is 0 Å². The summed E-state index contributed by atoms with van der Waals surface area (Å²) in [4.78, 5) is 24.3. The largest absolute Gasteiger partial charge is 0.327 e. The van der Waals surface area contributed by atoms with Gasteiger partial charge in [0.05, 0.1) is 12.7 Å². The van der Waals surface area contributed by atoms with E-state index in [2.05, 4.69) is 40.2 Å². The SMILES string of the molecule is CC(C)c1ccccc1-c1ncc2[nH]c(=O)n(CC3(F)CCNCC3)c2n1. The van der Waals surface area contributed by atoms with E-state index in [9.17, 15) is 4.79 Å². The minimum atomic E-state index is -1.40. The summed E-state index contributed by atoms with van der Waals surface area (Å²) in [5, 5.41) is 3.16. The number of rotatable bonds is 4. The molecule has 1 fully saturated rings. The highest BCUT2D eigenvalue weighted by Crippen LogP contribution is 2.29. The number of aromatic nitrogens is 4. The molecule has 27 heavy (non-hydrogen) atoms. The number of H-pyrrole nitrogens is 1. The quantitative estimate of drug-likeness (QED) is 0.741. The fraction of sp³-hybridized carbons (Fsp3) is 0.450. The molecule has 0 spiro atoms. The van der Waals surface area contributed by atoms with Crippen molar-refractivity contribution in [3.8, 4) is 11.4 Å². The first-order valence-electron chi connectivity index (χ1n) is 9.41. The number of aromatic amines is 1. The molecule has 0 unspecified atom stereocenters. The molecule has 0 radical (unpaired) electrons. The molecule has 2 N–H and O–H groups in total. The van der Waals surface area contributed by atoms with Gasteiger partial charge in [-0.15, -0.1) is 0 Å². The molecule has 3 heterocycles. The molecule has 0 bridgehead atoms. The van der Waals surface area contributed by atoms with Gasteiger partial charge in [0, 0.05) is 5.56 Å². The van der Waals surface area contributed by atoms with Crippen molar-refractivity contribution in [1.29, 1.82) is 0 Å². The van der Waals surface area contributed by atoms with Gasteiger partial charge >= 0.3 is 5.69 Å². The van der Waals surface area contributed by atoms with Crippen molar-refractivity contribution in [2.75, 3.05) is 13.1 Å². The van der Waals surface area contributed by atoms with E-state index in [1.165, 1.54) is 4.57 Å². The molecule has 0 atom stereocenters. The van der Waals surface area contributed by atoms with Crippen molar-refractivity contribution in [3.05, 3.63) is 46.5 Å². The van der Waals surface area contributed by atoms with Crippen LogP contribution in [0.1, 0.15) is 38.2 Å². The monoisotopic (exact) mass is 369 g/mol. The van der Waals surface area contributed by atoms with Gasteiger partial charge in [0.1, 0.15) is 11.2 Å². The lowest BCUT2D eigenvalue weighted by molar-refractivity contribution is 0.0940. The zero-order valence-corrected chi connectivity index (χ0v) is 15.6. The summed E-state index contributed by atoms with van der Waals surface area (Å²) in [5.41, 5.74) is 1.32. The van der Waals surface area contributed by atoms with Gasteiger partial charge in [-0.25, -0.2) is 19.2 Å². The number of halogens is 1. The molecule has 1 aliphatic heterocycles.